The molecule has 0 bridgehead atoms. The van der Waals surface area contributed by atoms with E-state index in [1.165, 1.54) is 6.07 Å². The van der Waals surface area contributed by atoms with Gasteiger partial charge in [0, 0.05) is 18.7 Å². The van der Waals surface area contributed by atoms with Crippen LogP contribution in [0.15, 0.2) is 18.2 Å². The Morgan fingerprint density at radius 1 is 1.23 bits per heavy atom. The van der Waals surface area contributed by atoms with E-state index in [1.54, 1.807) is 4.90 Å². The van der Waals surface area contributed by atoms with Crippen LogP contribution in [-0.2, 0) is 16.0 Å². The third-order valence-electron chi connectivity index (χ3n) is 4.99. The van der Waals surface area contributed by atoms with Crippen molar-refractivity contribution >= 4 is 11.9 Å². The molecule has 1 N–H and O–H groups in total. The van der Waals surface area contributed by atoms with Gasteiger partial charge in [-0.1, -0.05) is 6.07 Å². The second-order valence-electron chi connectivity index (χ2n) is 6.22. The molecule has 1 aromatic carbocycles. The number of carbonyl (C=O) groups excluding carboxylic acids is 1. The Kier molecular flexibility index (Phi) is 3.62. The third-order valence-corrected chi connectivity index (χ3v) is 4.99. The number of carboxylic acid groups (broad SMARTS) is 1. The van der Waals surface area contributed by atoms with Crippen LogP contribution in [0.5, 0.6) is 0 Å². The first-order valence-corrected chi connectivity index (χ1v) is 7.36. The lowest BCUT2D eigenvalue weighted by atomic mass is 9.90. The van der Waals surface area contributed by atoms with Gasteiger partial charge >= 0.3 is 5.97 Å². The highest BCUT2D eigenvalue weighted by Crippen LogP contribution is 2.59. The Labute approximate surface area is 126 Å². The van der Waals surface area contributed by atoms with Gasteiger partial charge in [-0.25, -0.2) is 8.78 Å². The van der Waals surface area contributed by atoms with Gasteiger partial charge in [0.2, 0.25) is 5.91 Å². The number of likely N-dealkylation sites (tertiary alicyclic amines) is 1. The predicted molar refractivity (Wildman–Crippen MR) is 74.1 cm³/mol. The Hall–Kier alpha value is -1.98. The summed E-state index contributed by atoms with van der Waals surface area (Å²) in [6.45, 7) is 0.914. The zero-order chi connectivity index (χ0) is 15.9. The summed E-state index contributed by atoms with van der Waals surface area (Å²) in [7, 11) is 0. The van der Waals surface area contributed by atoms with E-state index in [9.17, 15) is 18.4 Å². The van der Waals surface area contributed by atoms with Crippen molar-refractivity contribution in [1.82, 2.24) is 4.90 Å². The minimum absolute atomic E-state index is 0.161. The number of halogens is 2. The summed E-state index contributed by atoms with van der Waals surface area (Å²) in [5, 5.41) is 9.04. The van der Waals surface area contributed by atoms with Crippen LogP contribution in [0.2, 0.25) is 0 Å². The SMILES string of the molecule is O=C(O)C1CC12CCN(C(=O)Cc1c(F)cccc1F)CC2. The molecule has 1 saturated carbocycles. The summed E-state index contributed by atoms with van der Waals surface area (Å²) >= 11 is 0. The van der Waals surface area contributed by atoms with Gasteiger partial charge in [-0.2, -0.15) is 0 Å². The average molecular weight is 309 g/mol. The summed E-state index contributed by atoms with van der Waals surface area (Å²) in [5.41, 5.74) is -0.367. The van der Waals surface area contributed by atoms with Crippen molar-refractivity contribution in [1.29, 1.82) is 0 Å². The average Bonchev–Trinajstić information content (AvgIpc) is 3.18. The number of carboxylic acids is 1. The van der Waals surface area contributed by atoms with Crippen LogP contribution in [-0.4, -0.2) is 35.0 Å². The molecule has 1 aliphatic heterocycles. The number of nitrogens with zero attached hydrogens (tertiary/aromatic N) is 1. The number of hydrogen-bond acceptors (Lipinski definition) is 2. The molecule has 1 amide bonds. The van der Waals surface area contributed by atoms with Crippen molar-refractivity contribution in [2.45, 2.75) is 25.7 Å². The van der Waals surface area contributed by atoms with Crippen LogP contribution in [0, 0.1) is 23.0 Å². The molecule has 4 nitrogen and oxygen atoms in total. The number of benzene rings is 1. The van der Waals surface area contributed by atoms with Crippen molar-refractivity contribution in [2.75, 3.05) is 13.1 Å². The minimum Gasteiger partial charge on any atom is -0.481 e. The molecule has 1 heterocycles. The van der Waals surface area contributed by atoms with Gasteiger partial charge in [0.25, 0.3) is 0 Å². The molecule has 1 saturated heterocycles. The highest BCUT2D eigenvalue weighted by molar-refractivity contribution is 5.79. The molecule has 0 aromatic heterocycles. The molecule has 2 fully saturated rings. The highest BCUT2D eigenvalue weighted by atomic mass is 19.1. The van der Waals surface area contributed by atoms with Crippen LogP contribution in [0.3, 0.4) is 0 Å². The predicted octanol–water partition coefficient (Wildman–Crippen LogP) is 2.22. The standard InChI is InChI=1S/C16H17F2NO3/c17-12-2-1-3-13(18)10(12)8-14(20)19-6-4-16(5-7-19)9-11(16)15(21)22/h1-3,11H,4-9H2,(H,21,22). The number of rotatable bonds is 3. The Morgan fingerprint density at radius 2 is 1.82 bits per heavy atom. The zero-order valence-corrected chi connectivity index (χ0v) is 12.0. The molecule has 3 rings (SSSR count). The van der Waals surface area contributed by atoms with Crippen molar-refractivity contribution in [3.8, 4) is 0 Å². The topological polar surface area (TPSA) is 57.6 Å². The number of amides is 1. The van der Waals surface area contributed by atoms with Crippen LogP contribution >= 0.6 is 0 Å². The highest BCUT2D eigenvalue weighted by Gasteiger charge is 2.59. The number of carbonyl (C=O) groups is 2. The summed E-state index contributed by atoms with van der Waals surface area (Å²) in [4.78, 5) is 24.8. The Morgan fingerprint density at radius 3 is 2.32 bits per heavy atom. The normalized spacial score (nSPS) is 22.6. The zero-order valence-electron chi connectivity index (χ0n) is 12.0. The lowest BCUT2D eigenvalue weighted by Crippen LogP contribution is -2.40. The van der Waals surface area contributed by atoms with Crippen LogP contribution < -0.4 is 0 Å². The first kappa shape index (κ1) is 14.9. The van der Waals surface area contributed by atoms with Gasteiger partial charge in [0.15, 0.2) is 0 Å². The smallest absolute Gasteiger partial charge is 0.307 e. The fraction of sp³-hybridized carbons (Fsp3) is 0.500. The van der Waals surface area contributed by atoms with Crippen LogP contribution in [0.1, 0.15) is 24.8 Å². The Bertz CT molecular complexity index is 604. The van der Waals surface area contributed by atoms with Gasteiger partial charge in [-0.15, -0.1) is 0 Å². The molecule has 0 radical (unpaired) electrons. The molecule has 22 heavy (non-hydrogen) atoms. The first-order chi connectivity index (χ1) is 10.4. The van der Waals surface area contributed by atoms with E-state index in [-0.39, 0.29) is 29.2 Å². The summed E-state index contributed by atoms with van der Waals surface area (Å²) in [6, 6.07) is 3.54. The molecule has 2 aliphatic rings. The van der Waals surface area contributed by atoms with E-state index in [0.717, 1.165) is 12.1 Å². The molecule has 1 aromatic rings. The van der Waals surface area contributed by atoms with E-state index in [1.807, 2.05) is 0 Å². The van der Waals surface area contributed by atoms with Gasteiger partial charge in [-0.05, 0) is 36.8 Å². The second kappa shape index (κ2) is 5.34. The molecular formula is C16H17F2NO3. The molecule has 1 atom stereocenters. The lowest BCUT2D eigenvalue weighted by molar-refractivity contribution is -0.139. The first-order valence-electron chi connectivity index (χ1n) is 7.36. The molecule has 1 spiro atoms. The van der Waals surface area contributed by atoms with E-state index >= 15 is 0 Å². The summed E-state index contributed by atoms with van der Waals surface area (Å²) < 4.78 is 27.2. The van der Waals surface area contributed by atoms with Crippen molar-refractivity contribution in [3.63, 3.8) is 0 Å². The molecule has 118 valence electrons. The molecule has 6 heteroatoms. The largest absolute Gasteiger partial charge is 0.481 e. The fourth-order valence-corrected chi connectivity index (χ4v) is 3.42. The summed E-state index contributed by atoms with van der Waals surface area (Å²) in [5.74, 6) is -2.81. The fourth-order valence-electron chi connectivity index (χ4n) is 3.42. The molecular weight excluding hydrogens is 292 g/mol. The maximum absolute atomic E-state index is 13.6. The lowest BCUT2D eigenvalue weighted by Gasteiger charge is -2.32. The molecule has 1 unspecified atom stereocenters. The van der Waals surface area contributed by atoms with Gasteiger partial charge < -0.3 is 10.0 Å². The molecule has 1 aliphatic carbocycles. The van der Waals surface area contributed by atoms with Crippen LogP contribution in [0.4, 0.5) is 8.78 Å². The van der Waals surface area contributed by atoms with E-state index in [2.05, 4.69) is 0 Å². The maximum Gasteiger partial charge on any atom is 0.307 e. The van der Waals surface area contributed by atoms with Crippen molar-refractivity contribution < 1.29 is 23.5 Å². The van der Waals surface area contributed by atoms with E-state index < -0.39 is 17.6 Å². The van der Waals surface area contributed by atoms with Gasteiger partial charge in [0.1, 0.15) is 11.6 Å². The number of piperidine rings is 1. The van der Waals surface area contributed by atoms with Crippen LogP contribution in [0.25, 0.3) is 0 Å². The number of aliphatic carboxylic acids is 1. The minimum atomic E-state index is -0.770. The van der Waals surface area contributed by atoms with E-state index in [0.29, 0.717) is 32.4 Å². The van der Waals surface area contributed by atoms with E-state index in [4.69, 9.17) is 5.11 Å². The summed E-state index contributed by atoms with van der Waals surface area (Å²) in [6.07, 6.45) is 1.67. The third kappa shape index (κ3) is 2.58. The maximum atomic E-state index is 13.6. The number of hydrogen-bond donors (Lipinski definition) is 1. The quantitative estimate of drug-likeness (QED) is 0.931. The van der Waals surface area contributed by atoms with Gasteiger partial charge in [0.05, 0.1) is 12.3 Å². The van der Waals surface area contributed by atoms with Crippen molar-refractivity contribution in [3.05, 3.63) is 35.4 Å². The second-order valence-corrected chi connectivity index (χ2v) is 6.22. The Balaban J connectivity index is 1.60. The van der Waals surface area contributed by atoms with Gasteiger partial charge in [-0.3, -0.25) is 9.59 Å². The van der Waals surface area contributed by atoms with Crippen molar-refractivity contribution in [2.24, 2.45) is 11.3 Å². The monoisotopic (exact) mass is 309 g/mol.